The van der Waals surface area contributed by atoms with Crippen LogP contribution < -0.4 is 25.4 Å². The Kier molecular flexibility index (Phi) is 6.79. The van der Waals surface area contributed by atoms with Gasteiger partial charge >= 0.3 is 0 Å². The van der Waals surface area contributed by atoms with Crippen LogP contribution in [-0.2, 0) is 9.59 Å². The van der Waals surface area contributed by atoms with Gasteiger partial charge in [-0.25, -0.2) is 0 Å². The van der Waals surface area contributed by atoms with Crippen LogP contribution in [0.2, 0.25) is 0 Å². The number of methoxy groups -OCH3 is 2. The Morgan fingerprint density at radius 3 is 2.37 bits per heavy atom. The van der Waals surface area contributed by atoms with Gasteiger partial charge < -0.3 is 25.4 Å². The topological polar surface area (TPSA) is 97.1 Å². The fourth-order valence-electron chi connectivity index (χ4n) is 3.54. The summed E-state index contributed by atoms with van der Waals surface area (Å²) in [5.74, 6) is 0.793. The predicted molar refractivity (Wildman–Crippen MR) is 116 cm³/mol. The van der Waals surface area contributed by atoms with E-state index in [1.807, 2.05) is 48.2 Å². The third kappa shape index (κ3) is 5.01. The molecule has 8 nitrogen and oxygen atoms in total. The molecule has 0 saturated carbocycles. The average molecular weight is 412 g/mol. The van der Waals surface area contributed by atoms with Crippen molar-refractivity contribution in [1.82, 2.24) is 4.90 Å². The number of ether oxygens (including phenoxy) is 2. The molecule has 3 rings (SSSR count). The molecule has 0 spiro atoms. The van der Waals surface area contributed by atoms with Crippen LogP contribution in [0, 0.1) is 6.92 Å². The number of nitrogens with zero attached hydrogens (tertiary/aromatic N) is 2. The Morgan fingerprint density at radius 2 is 1.73 bits per heavy atom. The summed E-state index contributed by atoms with van der Waals surface area (Å²) in [7, 11) is 3.20. The number of carbonyl (C=O) groups excluding carboxylic acids is 2. The van der Waals surface area contributed by atoms with Crippen molar-refractivity contribution in [1.29, 1.82) is 0 Å². The van der Waals surface area contributed by atoms with Gasteiger partial charge in [0, 0.05) is 37.1 Å². The number of rotatable bonds is 7. The number of carbonyl (C=O) groups is 2. The minimum absolute atomic E-state index is 0.0840. The second kappa shape index (κ2) is 9.49. The first kappa shape index (κ1) is 21.4. The number of nitrogens with two attached hydrogens (primary N) is 1. The van der Waals surface area contributed by atoms with E-state index < -0.39 is 11.9 Å². The summed E-state index contributed by atoms with van der Waals surface area (Å²) in [5.41, 5.74) is 8.26. The molecule has 2 amide bonds. The first-order chi connectivity index (χ1) is 14.4. The zero-order valence-corrected chi connectivity index (χ0v) is 17.6. The van der Waals surface area contributed by atoms with Crippen molar-refractivity contribution in [2.75, 3.05) is 50.6 Å². The lowest BCUT2D eigenvalue weighted by atomic mass is 10.1. The lowest BCUT2D eigenvalue weighted by Gasteiger charge is -2.40. The lowest BCUT2D eigenvalue weighted by Crippen LogP contribution is -2.59. The quantitative estimate of drug-likeness (QED) is 0.717. The molecule has 1 aliphatic heterocycles. The molecule has 8 heteroatoms. The number of benzene rings is 2. The second-order valence-corrected chi connectivity index (χ2v) is 7.26. The van der Waals surface area contributed by atoms with E-state index >= 15 is 0 Å². The summed E-state index contributed by atoms with van der Waals surface area (Å²) in [5, 5.41) is 2.91. The summed E-state index contributed by atoms with van der Waals surface area (Å²) < 4.78 is 10.4. The molecule has 1 atom stereocenters. The first-order valence-corrected chi connectivity index (χ1v) is 9.78. The molecular formula is C22H28N4O4. The van der Waals surface area contributed by atoms with Crippen LogP contribution in [-0.4, -0.2) is 63.2 Å². The highest BCUT2D eigenvalue weighted by atomic mass is 16.5. The molecule has 2 aromatic carbocycles. The highest BCUT2D eigenvalue weighted by molar-refractivity contribution is 5.93. The Morgan fingerprint density at radius 1 is 1.07 bits per heavy atom. The van der Waals surface area contributed by atoms with Crippen LogP contribution in [0.1, 0.15) is 5.56 Å². The number of nitrogens with one attached hydrogen (secondary N) is 1. The number of amides is 2. The van der Waals surface area contributed by atoms with E-state index in [0.29, 0.717) is 31.1 Å². The van der Waals surface area contributed by atoms with Gasteiger partial charge in [0.1, 0.15) is 17.5 Å². The summed E-state index contributed by atoms with van der Waals surface area (Å²) in [6.07, 6.45) is 0. The average Bonchev–Trinajstić information content (AvgIpc) is 2.75. The van der Waals surface area contributed by atoms with E-state index in [0.717, 1.165) is 17.0 Å². The highest BCUT2D eigenvalue weighted by Gasteiger charge is 2.32. The standard InChI is InChI=1S/C22H28N4O4/c1-15-4-7-18(30-3)12-19(15)24-21(27)14-26-11-10-25(13-20(26)22(23)28)16-5-8-17(29-2)9-6-16/h4-9,12,20H,10-11,13-14H2,1-3H3,(H2,23,28)(H,24,27). The lowest BCUT2D eigenvalue weighted by molar-refractivity contribution is -0.125. The fraction of sp³-hybridized carbons (Fsp3) is 0.364. The molecular weight excluding hydrogens is 384 g/mol. The van der Waals surface area contributed by atoms with E-state index in [1.54, 1.807) is 20.3 Å². The Balaban J connectivity index is 1.66. The van der Waals surface area contributed by atoms with Crippen molar-refractivity contribution in [3.05, 3.63) is 48.0 Å². The van der Waals surface area contributed by atoms with Crippen LogP contribution in [0.15, 0.2) is 42.5 Å². The molecule has 160 valence electrons. The van der Waals surface area contributed by atoms with Crippen LogP contribution in [0.4, 0.5) is 11.4 Å². The molecule has 1 saturated heterocycles. The van der Waals surface area contributed by atoms with Gasteiger partial charge in [-0.05, 0) is 42.8 Å². The van der Waals surface area contributed by atoms with E-state index in [-0.39, 0.29) is 12.5 Å². The van der Waals surface area contributed by atoms with Gasteiger partial charge in [-0.2, -0.15) is 0 Å². The van der Waals surface area contributed by atoms with Crippen LogP contribution >= 0.6 is 0 Å². The number of anilines is 2. The molecule has 0 bridgehead atoms. The monoisotopic (exact) mass is 412 g/mol. The van der Waals surface area contributed by atoms with Crippen molar-refractivity contribution < 1.29 is 19.1 Å². The van der Waals surface area contributed by atoms with E-state index in [2.05, 4.69) is 10.2 Å². The molecule has 3 N–H and O–H groups in total. The van der Waals surface area contributed by atoms with Gasteiger partial charge in [0.05, 0.1) is 20.8 Å². The number of aryl methyl sites for hydroxylation is 1. The maximum atomic E-state index is 12.6. The zero-order valence-electron chi connectivity index (χ0n) is 17.6. The van der Waals surface area contributed by atoms with Gasteiger partial charge in [-0.1, -0.05) is 6.07 Å². The predicted octanol–water partition coefficient (Wildman–Crippen LogP) is 1.63. The Bertz CT molecular complexity index is 901. The van der Waals surface area contributed by atoms with Crippen LogP contribution in [0.3, 0.4) is 0 Å². The molecule has 1 aliphatic rings. The number of hydrogen-bond acceptors (Lipinski definition) is 6. The van der Waals surface area contributed by atoms with E-state index in [9.17, 15) is 9.59 Å². The van der Waals surface area contributed by atoms with Crippen molar-refractivity contribution in [3.8, 4) is 11.5 Å². The van der Waals surface area contributed by atoms with Crippen molar-refractivity contribution >= 4 is 23.2 Å². The SMILES string of the molecule is COc1ccc(N2CCN(CC(=O)Nc3cc(OC)ccc3C)C(C(N)=O)C2)cc1. The smallest absolute Gasteiger partial charge is 0.238 e. The summed E-state index contributed by atoms with van der Waals surface area (Å²) >= 11 is 0. The van der Waals surface area contributed by atoms with Crippen molar-refractivity contribution in [2.45, 2.75) is 13.0 Å². The van der Waals surface area contributed by atoms with Crippen LogP contribution in [0.5, 0.6) is 11.5 Å². The second-order valence-electron chi connectivity index (χ2n) is 7.26. The normalized spacial score (nSPS) is 16.8. The minimum atomic E-state index is -0.557. The first-order valence-electron chi connectivity index (χ1n) is 9.78. The zero-order chi connectivity index (χ0) is 21.7. The summed E-state index contributed by atoms with van der Waals surface area (Å²) in [6, 6.07) is 12.6. The largest absolute Gasteiger partial charge is 0.497 e. The van der Waals surface area contributed by atoms with Gasteiger partial charge in [0.2, 0.25) is 11.8 Å². The van der Waals surface area contributed by atoms with E-state index in [1.165, 1.54) is 0 Å². The number of primary amides is 1. The van der Waals surface area contributed by atoms with Gasteiger partial charge in [-0.15, -0.1) is 0 Å². The summed E-state index contributed by atoms with van der Waals surface area (Å²) in [4.78, 5) is 28.7. The molecule has 2 aromatic rings. The molecule has 0 aliphatic carbocycles. The minimum Gasteiger partial charge on any atom is -0.497 e. The Labute approximate surface area is 176 Å². The molecule has 30 heavy (non-hydrogen) atoms. The molecule has 0 radical (unpaired) electrons. The van der Waals surface area contributed by atoms with Crippen LogP contribution in [0.25, 0.3) is 0 Å². The molecule has 1 fully saturated rings. The number of piperazine rings is 1. The molecule has 1 unspecified atom stereocenters. The number of hydrogen-bond donors (Lipinski definition) is 2. The van der Waals surface area contributed by atoms with Crippen molar-refractivity contribution in [2.24, 2.45) is 5.73 Å². The Hall–Kier alpha value is -3.26. The molecule has 1 heterocycles. The fourth-order valence-corrected chi connectivity index (χ4v) is 3.54. The van der Waals surface area contributed by atoms with Crippen molar-refractivity contribution in [3.63, 3.8) is 0 Å². The third-order valence-corrected chi connectivity index (χ3v) is 5.32. The van der Waals surface area contributed by atoms with E-state index in [4.69, 9.17) is 15.2 Å². The van der Waals surface area contributed by atoms with Gasteiger partial charge in [0.25, 0.3) is 0 Å². The third-order valence-electron chi connectivity index (χ3n) is 5.32. The van der Waals surface area contributed by atoms with Gasteiger partial charge in [0.15, 0.2) is 0 Å². The van der Waals surface area contributed by atoms with Gasteiger partial charge in [-0.3, -0.25) is 14.5 Å². The highest BCUT2D eigenvalue weighted by Crippen LogP contribution is 2.24. The molecule has 0 aromatic heterocycles. The maximum absolute atomic E-state index is 12.6. The summed E-state index contributed by atoms with van der Waals surface area (Å²) in [6.45, 7) is 3.65. The maximum Gasteiger partial charge on any atom is 0.238 e.